The van der Waals surface area contributed by atoms with E-state index in [-0.39, 0.29) is 5.92 Å². The van der Waals surface area contributed by atoms with E-state index in [1.54, 1.807) is 7.11 Å². The van der Waals surface area contributed by atoms with Gasteiger partial charge >= 0.3 is 0 Å². The van der Waals surface area contributed by atoms with Crippen molar-refractivity contribution in [2.75, 3.05) is 7.11 Å². The van der Waals surface area contributed by atoms with Gasteiger partial charge in [0.1, 0.15) is 11.5 Å². The zero-order valence-electron chi connectivity index (χ0n) is 8.49. The Kier molecular flexibility index (Phi) is 2.28. The summed E-state index contributed by atoms with van der Waals surface area (Å²) in [6, 6.07) is 7.99. The Bertz CT molecular complexity index is 340. The van der Waals surface area contributed by atoms with Gasteiger partial charge in [0.2, 0.25) is 0 Å². The number of methoxy groups -OCH3 is 1. The number of ketones is 1. The molecule has 2 heteroatoms. The van der Waals surface area contributed by atoms with Crippen molar-refractivity contribution >= 4 is 5.78 Å². The minimum atomic E-state index is 0.198. The summed E-state index contributed by atoms with van der Waals surface area (Å²) in [4.78, 5) is 11.1. The van der Waals surface area contributed by atoms with Crippen LogP contribution in [0.25, 0.3) is 0 Å². The van der Waals surface area contributed by atoms with E-state index in [9.17, 15) is 4.79 Å². The summed E-state index contributed by atoms with van der Waals surface area (Å²) in [5.41, 5.74) is 1.25. The van der Waals surface area contributed by atoms with Gasteiger partial charge in [0.05, 0.1) is 7.11 Å². The lowest BCUT2D eigenvalue weighted by Crippen LogP contribution is -2.32. The Morgan fingerprint density at radius 3 is 2.36 bits per heavy atom. The van der Waals surface area contributed by atoms with Gasteiger partial charge in [0, 0.05) is 18.3 Å². The zero-order valence-corrected chi connectivity index (χ0v) is 8.49. The summed E-state index contributed by atoms with van der Waals surface area (Å²) in [5, 5.41) is 0. The first-order valence-corrected chi connectivity index (χ1v) is 4.89. The van der Waals surface area contributed by atoms with Crippen molar-refractivity contribution in [3.8, 4) is 5.75 Å². The van der Waals surface area contributed by atoms with Crippen LogP contribution in [-0.2, 0) is 4.79 Å². The molecule has 0 heterocycles. The molecule has 1 aromatic carbocycles. The lowest BCUT2D eigenvalue weighted by atomic mass is 9.70. The van der Waals surface area contributed by atoms with E-state index in [1.165, 1.54) is 5.56 Å². The highest BCUT2D eigenvalue weighted by atomic mass is 16.5. The summed E-state index contributed by atoms with van der Waals surface area (Å²) < 4.78 is 5.08. The minimum absolute atomic E-state index is 0.198. The van der Waals surface area contributed by atoms with Crippen molar-refractivity contribution in [2.45, 2.75) is 19.3 Å². The normalized spacial score (nSPS) is 25.7. The zero-order chi connectivity index (χ0) is 10.1. The third-order valence-corrected chi connectivity index (χ3v) is 3.08. The molecular formula is C12H14O2. The molecule has 2 atom stereocenters. The second kappa shape index (κ2) is 3.45. The van der Waals surface area contributed by atoms with E-state index in [4.69, 9.17) is 4.74 Å². The van der Waals surface area contributed by atoms with E-state index < -0.39 is 0 Å². The maximum absolute atomic E-state index is 11.1. The molecule has 0 radical (unpaired) electrons. The average Bonchev–Trinajstić information content (AvgIpc) is 2.25. The molecule has 14 heavy (non-hydrogen) atoms. The highest BCUT2D eigenvalue weighted by Gasteiger charge is 2.36. The van der Waals surface area contributed by atoms with E-state index in [2.05, 4.69) is 0 Å². The predicted octanol–water partition coefficient (Wildman–Crippen LogP) is 2.39. The highest BCUT2D eigenvalue weighted by molar-refractivity contribution is 5.88. The number of carbonyl (C=O) groups excluding carboxylic acids is 1. The minimum Gasteiger partial charge on any atom is -0.497 e. The predicted molar refractivity (Wildman–Crippen MR) is 54.5 cm³/mol. The largest absolute Gasteiger partial charge is 0.497 e. The van der Waals surface area contributed by atoms with Crippen molar-refractivity contribution in [1.82, 2.24) is 0 Å². The van der Waals surface area contributed by atoms with E-state index in [0.717, 1.165) is 5.75 Å². The molecule has 2 nitrogen and oxygen atoms in total. The van der Waals surface area contributed by atoms with Crippen molar-refractivity contribution in [3.63, 3.8) is 0 Å². The third kappa shape index (κ3) is 1.41. The van der Waals surface area contributed by atoms with E-state index in [1.807, 2.05) is 31.2 Å². The standard InChI is InChI=1S/C12H14O2/c1-8-11(7-12(8)13)9-3-5-10(14-2)6-4-9/h3-6,8,11H,7H2,1-2H3. The van der Waals surface area contributed by atoms with Crippen LogP contribution in [0.15, 0.2) is 24.3 Å². The smallest absolute Gasteiger partial charge is 0.136 e. The van der Waals surface area contributed by atoms with Gasteiger partial charge in [-0.1, -0.05) is 19.1 Å². The van der Waals surface area contributed by atoms with Gasteiger partial charge in [-0.15, -0.1) is 0 Å². The fourth-order valence-corrected chi connectivity index (χ4v) is 1.90. The van der Waals surface area contributed by atoms with Gasteiger partial charge in [-0.25, -0.2) is 0 Å². The first-order valence-electron chi connectivity index (χ1n) is 4.89. The molecule has 1 saturated carbocycles. The van der Waals surface area contributed by atoms with Crippen molar-refractivity contribution < 1.29 is 9.53 Å². The van der Waals surface area contributed by atoms with E-state index >= 15 is 0 Å². The molecule has 2 unspecified atom stereocenters. The van der Waals surface area contributed by atoms with Crippen molar-refractivity contribution in [3.05, 3.63) is 29.8 Å². The number of carbonyl (C=O) groups is 1. The maximum atomic E-state index is 11.1. The lowest BCUT2D eigenvalue weighted by molar-refractivity contribution is -0.130. The third-order valence-electron chi connectivity index (χ3n) is 3.08. The Morgan fingerprint density at radius 1 is 1.29 bits per heavy atom. The van der Waals surface area contributed by atoms with Crippen molar-refractivity contribution in [2.24, 2.45) is 5.92 Å². The summed E-state index contributed by atoms with van der Waals surface area (Å²) in [6.45, 7) is 2.00. The molecule has 74 valence electrons. The summed E-state index contributed by atoms with van der Waals surface area (Å²) in [7, 11) is 1.66. The molecule has 0 spiro atoms. The molecule has 0 N–H and O–H groups in total. The fraction of sp³-hybridized carbons (Fsp3) is 0.417. The molecule has 1 aliphatic rings. The monoisotopic (exact) mass is 190 g/mol. The number of Topliss-reactive ketones (excluding diaryl/α,β-unsaturated/α-hetero) is 1. The first-order chi connectivity index (χ1) is 6.72. The number of hydrogen-bond donors (Lipinski definition) is 0. The van der Waals surface area contributed by atoms with Crippen LogP contribution in [0.5, 0.6) is 5.75 Å². The molecule has 0 bridgehead atoms. The number of rotatable bonds is 2. The van der Waals surface area contributed by atoms with Crippen LogP contribution in [0.1, 0.15) is 24.8 Å². The topological polar surface area (TPSA) is 26.3 Å². The summed E-state index contributed by atoms with van der Waals surface area (Å²) >= 11 is 0. The Labute approximate surface area is 83.9 Å². The summed E-state index contributed by atoms with van der Waals surface area (Å²) in [5.74, 6) is 1.87. The lowest BCUT2D eigenvalue weighted by Gasteiger charge is -2.32. The van der Waals surface area contributed by atoms with Gasteiger partial charge in [0.25, 0.3) is 0 Å². The molecule has 0 aromatic heterocycles. The van der Waals surface area contributed by atoms with Gasteiger partial charge in [0.15, 0.2) is 0 Å². The van der Waals surface area contributed by atoms with Gasteiger partial charge in [-0.2, -0.15) is 0 Å². The number of hydrogen-bond acceptors (Lipinski definition) is 2. The average molecular weight is 190 g/mol. The van der Waals surface area contributed by atoms with Gasteiger partial charge in [-0.05, 0) is 17.7 Å². The summed E-state index contributed by atoms with van der Waals surface area (Å²) in [6.07, 6.45) is 0.702. The van der Waals surface area contributed by atoms with Crippen LogP contribution in [0.4, 0.5) is 0 Å². The van der Waals surface area contributed by atoms with Crippen LogP contribution < -0.4 is 4.74 Å². The first kappa shape index (κ1) is 9.25. The molecule has 2 rings (SSSR count). The Balaban J connectivity index is 2.14. The highest BCUT2D eigenvalue weighted by Crippen LogP contribution is 2.39. The molecule has 0 aliphatic heterocycles. The van der Waals surface area contributed by atoms with Crippen LogP contribution >= 0.6 is 0 Å². The van der Waals surface area contributed by atoms with Crippen LogP contribution in [0, 0.1) is 5.92 Å². The quantitative estimate of drug-likeness (QED) is 0.715. The second-order valence-corrected chi connectivity index (χ2v) is 3.84. The molecular weight excluding hydrogens is 176 g/mol. The Morgan fingerprint density at radius 2 is 1.93 bits per heavy atom. The van der Waals surface area contributed by atoms with Crippen LogP contribution in [-0.4, -0.2) is 12.9 Å². The van der Waals surface area contributed by atoms with Gasteiger partial charge in [-0.3, -0.25) is 4.79 Å². The Hall–Kier alpha value is -1.31. The fourth-order valence-electron chi connectivity index (χ4n) is 1.90. The van der Waals surface area contributed by atoms with Crippen LogP contribution in [0.3, 0.4) is 0 Å². The van der Waals surface area contributed by atoms with Crippen molar-refractivity contribution in [1.29, 1.82) is 0 Å². The number of benzene rings is 1. The SMILES string of the molecule is COc1ccc(C2CC(=O)C2C)cc1. The maximum Gasteiger partial charge on any atom is 0.136 e. The van der Waals surface area contributed by atoms with Crippen LogP contribution in [0.2, 0.25) is 0 Å². The molecule has 1 fully saturated rings. The number of ether oxygens (including phenoxy) is 1. The molecule has 1 aliphatic carbocycles. The molecule has 1 aromatic rings. The molecule has 0 saturated heterocycles. The molecule has 0 amide bonds. The second-order valence-electron chi connectivity index (χ2n) is 3.84. The van der Waals surface area contributed by atoms with Gasteiger partial charge < -0.3 is 4.74 Å². The van der Waals surface area contributed by atoms with E-state index in [0.29, 0.717) is 18.1 Å².